The maximum atomic E-state index is 11.7. The van der Waals surface area contributed by atoms with Crippen LogP contribution in [0.15, 0.2) is 29.4 Å². The Kier molecular flexibility index (Phi) is 5.39. The van der Waals surface area contributed by atoms with Crippen LogP contribution in [-0.4, -0.2) is 43.3 Å². The largest absolute Gasteiger partial charge is 0.483 e. The van der Waals surface area contributed by atoms with Gasteiger partial charge in [0.1, 0.15) is 5.75 Å². The average molecular weight is 293 g/mol. The average Bonchev–Trinajstić information content (AvgIpc) is 3.04. The topological polar surface area (TPSA) is 106 Å². The molecule has 1 fully saturated rings. The summed E-state index contributed by atoms with van der Waals surface area (Å²) in [6.45, 7) is 1.91. The number of ether oxygens (including phenoxy) is 2. The first-order valence-electron chi connectivity index (χ1n) is 6.75. The lowest BCUT2D eigenvalue weighted by Crippen LogP contribution is -2.33. The van der Waals surface area contributed by atoms with E-state index in [1.54, 1.807) is 24.3 Å². The molecule has 0 saturated carbocycles. The molecule has 1 heterocycles. The van der Waals surface area contributed by atoms with Gasteiger partial charge < -0.3 is 25.7 Å². The third-order valence-corrected chi connectivity index (χ3v) is 3.24. The van der Waals surface area contributed by atoms with Gasteiger partial charge in [-0.2, -0.15) is 0 Å². The summed E-state index contributed by atoms with van der Waals surface area (Å²) in [5.74, 6) is 0.496. The third kappa shape index (κ3) is 4.35. The van der Waals surface area contributed by atoms with Crippen molar-refractivity contribution in [2.24, 2.45) is 16.8 Å². The fourth-order valence-corrected chi connectivity index (χ4v) is 2.05. The highest BCUT2D eigenvalue weighted by Gasteiger charge is 2.16. The minimum Gasteiger partial charge on any atom is -0.483 e. The number of para-hydroxylation sites is 1. The molecule has 7 heteroatoms. The van der Waals surface area contributed by atoms with Gasteiger partial charge >= 0.3 is 0 Å². The van der Waals surface area contributed by atoms with Crippen molar-refractivity contribution in [2.45, 2.75) is 6.42 Å². The van der Waals surface area contributed by atoms with Crippen LogP contribution < -0.4 is 15.8 Å². The molecule has 7 nitrogen and oxygen atoms in total. The summed E-state index contributed by atoms with van der Waals surface area (Å²) in [5, 5.41) is 14.4. The Morgan fingerprint density at radius 3 is 3.05 bits per heavy atom. The number of hydrogen-bond acceptors (Lipinski definition) is 5. The van der Waals surface area contributed by atoms with Gasteiger partial charge in [0.2, 0.25) is 0 Å². The summed E-state index contributed by atoms with van der Waals surface area (Å²) in [7, 11) is 0. The van der Waals surface area contributed by atoms with E-state index in [0.29, 0.717) is 30.4 Å². The second-order valence-corrected chi connectivity index (χ2v) is 4.80. The normalized spacial score (nSPS) is 18.5. The zero-order valence-corrected chi connectivity index (χ0v) is 11.6. The number of nitrogens with zero attached hydrogens (tertiary/aromatic N) is 1. The summed E-state index contributed by atoms with van der Waals surface area (Å²) >= 11 is 0. The Morgan fingerprint density at radius 1 is 1.52 bits per heavy atom. The molecule has 0 aliphatic carbocycles. The predicted molar refractivity (Wildman–Crippen MR) is 76.4 cm³/mol. The van der Waals surface area contributed by atoms with Crippen molar-refractivity contribution >= 4 is 11.7 Å². The maximum Gasteiger partial charge on any atom is 0.257 e. The molecule has 0 spiro atoms. The van der Waals surface area contributed by atoms with Crippen LogP contribution in [0.1, 0.15) is 12.0 Å². The lowest BCUT2D eigenvalue weighted by molar-refractivity contribution is -0.123. The molecule has 0 radical (unpaired) electrons. The molecular weight excluding hydrogens is 274 g/mol. The number of amidine groups is 1. The van der Waals surface area contributed by atoms with Crippen LogP contribution in [0.3, 0.4) is 0 Å². The van der Waals surface area contributed by atoms with Crippen LogP contribution in [0.4, 0.5) is 0 Å². The van der Waals surface area contributed by atoms with Crippen LogP contribution in [0.2, 0.25) is 0 Å². The zero-order chi connectivity index (χ0) is 15.1. The number of hydrogen-bond donors (Lipinski definition) is 3. The van der Waals surface area contributed by atoms with Crippen molar-refractivity contribution < 1.29 is 19.5 Å². The molecule has 1 aliphatic heterocycles. The van der Waals surface area contributed by atoms with E-state index in [1.807, 2.05) is 0 Å². The van der Waals surface area contributed by atoms with Crippen molar-refractivity contribution in [3.8, 4) is 5.75 Å². The highest BCUT2D eigenvalue weighted by atomic mass is 16.5. The highest BCUT2D eigenvalue weighted by Crippen LogP contribution is 2.17. The number of benzene rings is 1. The van der Waals surface area contributed by atoms with Crippen LogP contribution in [0.5, 0.6) is 5.75 Å². The van der Waals surface area contributed by atoms with Crippen LogP contribution >= 0.6 is 0 Å². The number of nitrogens with two attached hydrogens (primary N) is 1. The van der Waals surface area contributed by atoms with Crippen molar-refractivity contribution in [3.05, 3.63) is 29.8 Å². The fourth-order valence-electron chi connectivity index (χ4n) is 2.05. The van der Waals surface area contributed by atoms with E-state index in [4.69, 9.17) is 20.4 Å². The minimum absolute atomic E-state index is 0.0610. The van der Waals surface area contributed by atoms with Crippen LogP contribution in [0.25, 0.3) is 0 Å². The Morgan fingerprint density at radius 2 is 2.33 bits per heavy atom. The lowest BCUT2D eigenvalue weighted by Gasteiger charge is -2.12. The van der Waals surface area contributed by atoms with Gasteiger partial charge in [-0.15, -0.1) is 0 Å². The fraction of sp³-hybridized carbons (Fsp3) is 0.429. The van der Waals surface area contributed by atoms with Gasteiger partial charge in [0.15, 0.2) is 12.4 Å². The van der Waals surface area contributed by atoms with Crippen molar-refractivity contribution in [1.82, 2.24) is 5.32 Å². The summed E-state index contributed by atoms with van der Waals surface area (Å²) < 4.78 is 10.7. The second kappa shape index (κ2) is 7.49. The molecule has 4 N–H and O–H groups in total. The molecule has 1 atom stereocenters. The first kappa shape index (κ1) is 15.1. The van der Waals surface area contributed by atoms with E-state index in [2.05, 4.69) is 10.5 Å². The number of amides is 1. The van der Waals surface area contributed by atoms with Crippen LogP contribution in [0, 0.1) is 5.92 Å². The molecule has 1 unspecified atom stereocenters. The molecule has 1 saturated heterocycles. The lowest BCUT2D eigenvalue weighted by atomic mass is 10.1. The van der Waals surface area contributed by atoms with Gasteiger partial charge in [0.05, 0.1) is 12.2 Å². The smallest absolute Gasteiger partial charge is 0.257 e. The molecule has 1 aromatic rings. The summed E-state index contributed by atoms with van der Waals surface area (Å²) in [6, 6.07) is 6.79. The maximum absolute atomic E-state index is 11.7. The summed E-state index contributed by atoms with van der Waals surface area (Å²) in [5.41, 5.74) is 5.99. The number of carbonyl (C=O) groups excluding carboxylic acids is 1. The van der Waals surface area contributed by atoms with Gasteiger partial charge in [0.25, 0.3) is 5.91 Å². The molecule has 114 valence electrons. The van der Waals surface area contributed by atoms with E-state index in [0.717, 1.165) is 13.0 Å². The summed E-state index contributed by atoms with van der Waals surface area (Å²) in [4.78, 5) is 11.7. The van der Waals surface area contributed by atoms with Crippen molar-refractivity contribution in [2.75, 3.05) is 26.4 Å². The van der Waals surface area contributed by atoms with Gasteiger partial charge in [-0.25, -0.2) is 0 Å². The van der Waals surface area contributed by atoms with E-state index < -0.39 is 0 Å². The molecule has 2 rings (SSSR count). The Bertz CT molecular complexity index is 513. The molecule has 1 aromatic carbocycles. The zero-order valence-electron chi connectivity index (χ0n) is 11.6. The van der Waals surface area contributed by atoms with Gasteiger partial charge in [-0.3, -0.25) is 4.79 Å². The second-order valence-electron chi connectivity index (χ2n) is 4.80. The van der Waals surface area contributed by atoms with Gasteiger partial charge in [0, 0.05) is 19.1 Å². The highest BCUT2D eigenvalue weighted by molar-refractivity contribution is 5.99. The molecule has 1 amide bonds. The Hall–Kier alpha value is -2.28. The molecule has 0 bridgehead atoms. The first-order chi connectivity index (χ1) is 10.2. The van der Waals surface area contributed by atoms with Crippen molar-refractivity contribution in [3.63, 3.8) is 0 Å². The molecule has 0 aromatic heterocycles. The van der Waals surface area contributed by atoms with E-state index in [9.17, 15) is 4.79 Å². The number of oxime groups is 1. The van der Waals surface area contributed by atoms with E-state index in [1.165, 1.54) is 0 Å². The summed E-state index contributed by atoms with van der Waals surface area (Å²) in [6.07, 6.45) is 0.966. The first-order valence-corrected chi connectivity index (χ1v) is 6.75. The number of nitrogens with one attached hydrogen (secondary N) is 1. The standard InChI is InChI=1S/C14H19N3O4/c15-14(17-19)11-3-1-2-4-12(11)21-9-13(18)16-7-10-5-6-20-8-10/h1-4,10,19H,5-9H2,(H2,15,17)(H,16,18). The number of carbonyl (C=O) groups is 1. The van der Waals surface area contributed by atoms with E-state index >= 15 is 0 Å². The molecule has 1 aliphatic rings. The van der Waals surface area contributed by atoms with Crippen LogP contribution in [-0.2, 0) is 9.53 Å². The molecular formula is C14H19N3O4. The molecule has 21 heavy (non-hydrogen) atoms. The van der Waals surface area contributed by atoms with E-state index in [-0.39, 0.29) is 18.3 Å². The van der Waals surface area contributed by atoms with Crippen molar-refractivity contribution in [1.29, 1.82) is 0 Å². The third-order valence-electron chi connectivity index (χ3n) is 3.24. The predicted octanol–water partition coefficient (Wildman–Crippen LogP) is 0.313. The Labute approximate surface area is 122 Å². The quantitative estimate of drug-likeness (QED) is 0.303. The number of rotatable bonds is 6. The SMILES string of the molecule is NC(=NO)c1ccccc1OCC(=O)NCC1CCOC1. The van der Waals surface area contributed by atoms with Gasteiger partial charge in [-0.1, -0.05) is 17.3 Å². The minimum atomic E-state index is -0.212. The Balaban J connectivity index is 1.83. The monoisotopic (exact) mass is 293 g/mol. The van der Waals surface area contributed by atoms with Gasteiger partial charge in [-0.05, 0) is 18.6 Å².